The van der Waals surface area contributed by atoms with E-state index in [1.165, 1.54) is 5.56 Å². The smallest absolute Gasteiger partial charge is 0.251 e. The van der Waals surface area contributed by atoms with E-state index in [-0.39, 0.29) is 0 Å². The van der Waals surface area contributed by atoms with Gasteiger partial charge in [0.25, 0.3) is 5.95 Å². The summed E-state index contributed by atoms with van der Waals surface area (Å²) < 4.78 is 1.66. The van der Waals surface area contributed by atoms with Crippen LogP contribution < -0.4 is 0 Å². The fourth-order valence-electron chi connectivity index (χ4n) is 2.97. The molecule has 0 fully saturated rings. The number of pyridine rings is 1. The van der Waals surface area contributed by atoms with Crippen LogP contribution in [0.15, 0.2) is 55.0 Å². The molecule has 0 saturated heterocycles. The molecule has 3 aromatic heterocycles. The van der Waals surface area contributed by atoms with Crippen LogP contribution in [-0.4, -0.2) is 29.8 Å². The van der Waals surface area contributed by atoms with E-state index in [0.717, 1.165) is 28.6 Å². The van der Waals surface area contributed by atoms with Gasteiger partial charge >= 0.3 is 0 Å². The van der Waals surface area contributed by atoms with Crippen molar-refractivity contribution in [2.45, 2.75) is 26.4 Å². The number of hydrogen-bond acceptors (Lipinski definition) is 5. The van der Waals surface area contributed by atoms with Crippen LogP contribution in [0.2, 0.25) is 0 Å². The lowest BCUT2D eigenvalue weighted by molar-refractivity contribution is 0.195. The largest absolute Gasteiger partial charge is 0.387 e. The Labute approximate surface area is 151 Å². The number of benzene rings is 1. The van der Waals surface area contributed by atoms with Crippen LogP contribution in [-0.2, 0) is 6.42 Å². The first kappa shape index (κ1) is 16.4. The summed E-state index contributed by atoms with van der Waals surface area (Å²) in [6.07, 6.45) is 5.60. The maximum atomic E-state index is 10.00. The number of para-hydroxylation sites is 1. The molecule has 1 N–H and O–H groups in total. The normalized spacial score (nSPS) is 12.4. The number of aliphatic hydroxyl groups is 1. The van der Waals surface area contributed by atoms with E-state index in [0.29, 0.717) is 11.6 Å². The SMILES string of the molecule is CCc1ccnc(-c2cnc(-n3nc(C(C)O)c4ccccc43)nc2)c1. The molecule has 0 aliphatic carbocycles. The maximum Gasteiger partial charge on any atom is 0.251 e. The molecule has 26 heavy (non-hydrogen) atoms. The van der Waals surface area contributed by atoms with E-state index in [4.69, 9.17) is 0 Å². The van der Waals surface area contributed by atoms with Gasteiger partial charge in [0.1, 0.15) is 0 Å². The van der Waals surface area contributed by atoms with Gasteiger partial charge in [0.15, 0.2) is 0 Å². The van der Waals surface area contributed by atoms with Crippen molar-refractivity contribution in [1.82, 2.24) is 24.7 Å². The molecule has 1 aromatic carbocycles. The molecule has 0 radical (unpaired) electrons. The van der Waals surface area contributed by atoms with Crippen LogP contribution in [0.4, 0.5) is 0 Å². The summed E-state index contributed by atoms with van der Waals surface area (Å²) in [6.45, 7) is 3.82. The van der Waals surface area contributed by atoms with E-state index in [2.05, 4.69) is 27.0 Å². The Kier molecular flexibility index (Phi) is 4.18. The summed E-state index contributed by atoms with van der Waals surface area (Å²) in [6, 6.07) is 11.8. The fraction of sp³-hybridized carbons (Fsp3) is 0.200. The highest BCUT2D eigenvalue weighted by Crippen LogP contribution is 2.25. The minimum Gasteiger partial charge on any atom is -0.387 e. The Bertz CT molecular complexity index is 1050. The van der Waals surface area contributed by atoms with Crippen LogP contribution in [0.5, 0.6) is 0 Å². The van der Waals surface area contributed by atoms with Crippen molar-refractivity contribution in [3.8, 4) is 17.2 Å². The third kappa shape index (κ3) is 2.84. The quantitative estimate of drug-likeness (QED) is 0.613. The Morgan fingerprint density at radius 1 is 1.08 bits per heavy atom. The molecule has 0 spiro atoms. The van der Waals surface area contributed by atoms with Gasteiger partial charge < -0.3 is 5.11 Å². The minimum absolute atomic E-state index is 0.462. The molecule has 0 aliphatic heterocycles. The van der Waals surface area contributed by atoms with Gasteiger partial charge in [0.05, 0.1) is 23.0 Å². The highest BCUT2D eigenvalue weighted by Gasteiger charge is 2.16. The van der Waals surface area contributed by atoms with Crippen LogP contribution in [0.3, 0.4) is 0 Å². The molecule has 3 heterocycles. The molecular weight excluding hydrogens is 326 g/mol. The number of fused-ring (bicyclic) bond motifs is 1. The average Bonchev–Trinajstić information content (AvgIpc) is 3.08. The number of rotatable bonds is 4. The number of aromatic nitrogens is 5. The van der Waals surface area contributed by atoms with E-state index in [1.807, 2.05) is 36.4 Å². The first-order valence-corrected chi connectivity index (χ1v) is 8.61. The summed E-state index contributed by atoms with van der Waals surface area (Å²) >= 11 is 0. The Morgan fingerprint density at radius 2 is 1.85 bits per heavy atom. The van der Waals surface area contributed by atoms with Gasteiger partial charge in [-0.1, -0.05) is 25.1 Å². The molecule has 1 atom stereocenters. The van der Waals surface area contributed by atoms with E-state index in [1.54, 1.807) is 30.2 Å². The molecule has 1 unspecified atom stereocenters. The van der Waals surface area contributed by atoms with Gasteiger partial charge in [-0.05, 0) is 37.1 Å². The van der Waals surface area contributed by atoms with Crippen LogP contribution in [0.25, 0.3) is 28.1 Å². The van der Waals surface area contributed by atoms with Gasteiger partial charge in [0.2, 0.25) is 0 Å². The Balaban J connectivity index is 1.77. The molecular formula is C20H19N5O. The fourth-order valence-corrected chi connectivity index (χ4v) is 2.97. The highest BCUT2D eigenvalue weighted by atomic mass is 16.3. The lowest BCUT2D eigenvalue weighted by Crippen LogP contribution is -2.04. The van der Waals surface area contributed by atoms with E-state index in [9.17, 15) is 5.11 Å². The topological polar surface area (TPSA) is 76.7 Å². The molecule has 6 nitrogen and oxygen atoms in total. The summed E-state index contributed by atoms with van der Waals surface area (Å²) in [5.74, 6) is 0.462. The van der Waals surface area contributed by atoms with Crippen molar-refractivity contribution in [2.24, 2.45) is 0 Å². The molecule has 0 saturated carbocycles. The van der Waals surface area contributed by atoms with Crippen molar-refractivity contribution >= 4 is 10.9 Å². The second-order valence-corrected chi connectivity index (χ2v) is 6.16. The van der Waals surface area contributed by atoms with Gasteiger partial charge in [-0.15, -0.1) is 0 Å². The lowest BCUT2D eigenvalue weighted by atomic mass is 10.1. The van der Waals surface area contributed by atoms with Gasteiger partial charge in [0, 0.05) is 29.5 Å². The van der Waals surface area contributed by atoms with E-state index >= 15 is 0 Å². The summed E-state index contributed by atoms with van der Waals surface area (Å²) in [4.78, 5) is 13.3. The molecule has 130 valence electrons. The van der Waals surface area contributed by atoms with Crippen molar-refractivity contribution in [1.29, 1.82) is 0 Å². The van der Waals surface area contributed by atoms with E-state index < -0.39 is 6.10 Å². The molecule has 4 aromatic rings. The third-order valence-corrected chi connectivity index (χ3v) is 4.37. The van der Waals surface area contributed by atoms with Crippen LogP contribution >= 0.6 is 0 Å². The second kappa shape index (κ2) is 6.65. The molecule has 0 amide bonds. The van der Waals surface area contributed by atoms with Crippen molar-refractivity contribution in [3.05, 3.63) is 66.2 Å². The zero-order valence-electron chi connectivity index (χ0n) is 14.7. The highest BCUT2D eigenvalue weighted by molar-refractivity contribution is 5.83. The number of aryl methyl sites for hydroxylation is 1. The molecule has 6 heteroatoms. The van der Waals surface area contributed by atoms with Crippen molar-refractivity contribution in [2.75, 3.05) is 0 Å². The van der Waals surface area contributed by atoms with Crippen molar-refractivity contribution < 1.29 is 5.11 Å². The molecule has 0 aliphatic rings. The average molecular weight is 345 g/mol. The number of nitrogens with zero attached hydrogens (tertiary/aromatic N) is 5. The first-order valence-electron chi connectivity index (χ1n) is 8.61. The first-order chi connectivity index (χ1) is 12.7. The molecule has 4 rings (SSSR count). The summed E-state index contributed by atoms with van der Waals surface area (Å²) in [5, 5.41) is 15.4. The minimum atomic E-state index is -0.665. The number of hydrogen-bond donors (Lipinski definition) is 1. The van der Waals surface area contributed by atoms with Crippen molar-refractivity contribution in [3.63, 3.8) is 0 Å². The molecule has 0 bridgehead atoms. The monoisotopic (exact) mass is 345 g/mol. The number of aliphatic hydroxyl groups excluding tert-OH is 1. The second-order valence-electron chi connectivity index (χ2n) is 6.16. The zero-order chi connectivity index (χ0) is 18.1. The Morgan fingerprint density at radius 3 is 2.58 bits per heavy atom. The van der Waals surface area contributed by atoms with Crippen LogP contribution in [0, 0.1) is 0 Å². The zero-order valence-corrected chi connectivity index (χ0v) is 14.7. The standard InChI is InChI=1S/C20H19N5O/c1-3-14-8-9-21-17(10-14)15-11-22-20(23-12-15)25-18-7-5-4-6-16(18)19(24-25)13(2)26/h4-13,26H,3H2,1-2H3. The lowest BCUT2D eigenvalue weighted by Gasteiger charge is -2.05. The van der Waals surface area contributed by atoms with Gasteiger partial charge in [-0.3, -0.25) is 4.98 Å². The maximum absolute atomic E-state index is 10.00. The third-order valence-electron chi connectivity index (χ3n) is 4.37. The van der Waals surface area contributed by atoms with Gasteiger partial charge in [-0.25, -0.2) is 9.97 Å². The summed E-state index contributed by atoms with van der Waals surface area (Å²) in [7, 11) is 0. The summed E-state index contributed by atoms with van der Waals surface area (Å²) in [5.41, 5.74) is 4.41. The predicted octanol–water partition coefficient (Wildman–Crippen LogP) is 3.49. The predicted molar refractivity (Wildman–Crippen MR) is 99.9 cm³/mol. The Hall–Kier alpha value is -3.12. The van der Waals surface area contributed by atoms with Crippen LogP contribution in [0.1, 0.15) is 31.2 Å². The van der Waals surface area contributed by atoms with Gasteiger partial charge in [-0.2, -0.15) is 9.78 Å².